The van der Waals surface area contributed by atoms with E-state index in [0.717, 1.165) is 17.7 Å². The Hall–Kier alpha value is -2.34. The van der Waals surface area contributed by atoms with Gasteiger partial charge in [0.25, 0.3) is 0 Å². The Morgan fingerprint density at radius 1 is 1.09 bits per heavy atom. The summed E-state index contributed by atoms with van der Waals surface area (Å²) in [5.41, 5.74) is 6.19. The topological polar surface area (TPSA) is 46.3 Å². The standard InChI is InChI=1S/C17H17F3N2O/c1-22(15(16(21)23)13-5-3-2-4-6-13)11-12-7-9-14(10-8-12)17(18,19)20/h2-10,15H,11H2,1H3,(H2,21,23)/t15-/m1/s1. The van der Waals surface area contributed by atoms with Crippen molar-refractivity contribution in [3.8, 4) is 0 Å². The maximum atomic E-state index is 12.6. The minimum Gasteiger partial charge on any atom is -0.368 e. The smallest absolute Gasteiger partial charge is 0.368 e. The zero-order chi connectivity index (χ0) is 17.0. The highest BCUT2D eigenvalue weighted by Crippen LogP contribution is 2.29. The largest absolute Gasteiger partial charge is 0.416 e. The Bertz CT molecular complexity index is 654. The van der Waals surface area contributed by atoms with Gasteiger partial charge in [0.2, 0.25) is 5.91 Å². The highest BCUT2D eigenvalue weighted by molar-refractivity contribution is 5.81. The van der Waals surface area contributed by atoms with Crippen LogP contribution in [0.25, 0.3) is 0 Å². The molecule has 6 heteroatoms. The van der Waals surface area contributed by atoms with E-state index >= 15 is 0 Å². The van der Waals surface area contributed by atoms with Crippen LogP contribution in [0.2, 0.25) is 0 Å². The number of carbonyl (C=O) groups excluding carboxylic acids is 1. The normalized spacial score (nSPS) is 13.1. The number of carbonyl (C=O) groups is 1. The second-order valence-corrected chi connectivity index (χ2v) is 5.33. The number of rotatable bonds is 5. The van der Waals surface area contributed by atoms with Gasteiger partial charge in [-0.3, -0.25) is 9.69 Å². The molecule has 122 valence electrons. The molecule has 0 unspecified atom stereocenters. The summed E-state index contributed by atoms with van der Waals surface area (Å²) in [6.07, 6.45) is -4.36. The van der Waals surface area contributed by atoms with E-state index in [0.29, 0.717) is 12.1 Å². The lowest BCUT2D eigenvalue weighted by Crippen LogP contribution is -2.34. The number of halogens is 3. The molecule has 0 heterocycles. The lowest BCUT2D eigenvalue weighted by molar-refractivity contribution is -0.137. The van der Waals surface area contributed by atoms with Crippen molar-refractivity contribution in [1.29, 1.82) is 0 Å². The molecule has 23 heavy (non-hydrogen) atoms. The van der Waals surface area contributed by atoms with E-state index in [1.807, 2.05) is 6.07 Å². The van der Waals surface area contributed by atoms with E-state index in [4.69, 9.17) is 5.73 Å². The summed E-state index contributed by atoms with van der Waals surface area (Å²) in [6, 6.07) is 13.3. The fraction of sp³-hybridized carbons (Fsp3) is 0.235. The van der Waals surface area contributed by atoms with E-state index in [9.17, 15) is 18.0 Å². The van der Waals surface area contributed by atoms with Crippen LogP contribution in [-0.2, 0) is 17.5 Å². The van der Waals surface area contributed by atoms with Crippen molar-refractivity contribution < 1.29 is 18.0 Å². The number of hydrogen-bond acceptors (Lipinski definition) is 2. The van der Waals surface area contributed by atoms with Gasteiger partial charge in [-0.15, -0.1) is 0 Å². The highest BCUT2D eigenvalue weighted by atomic mass is 19.4. The highest BCUT2D eigenvalue weighted by Gasteiger charge is 2.30. The SMILES string of the molecule is CN(Cc1ccc(C(F)(F)F)cc1)[C@@H](C(N)=O)c1ccccc1. The van der Waals surface area contributed by atoms with Gasteiger partial charge in [0.05, 0.1) is 5.56 Å². The van der Waals surface area contributed by atoms with Gasteiger partial charge in [0.1, 0.15) is 6.04 Å². The summed E-state index contributed by atoms with van der Waals surface area (Å²) in [5.74, 6) is -0.509. The lowest BCUT2D eigenvalue weighted by atomic mass is 10.0. The number of nitrogens with two attached hydrogens (primary N) is 1. The van der Waals surface area contributed by atoms with Gasteiger partial charge < -0.3 is 5.73 Å². The molecular weight excluding hydrogens is 305 g/mol. The van der Waals surface area contributed by atoms with Crippen molar-refractivity contribution in [2.45, 2.75) is 18.8 Å². The van der Waals surface area contributed by atoms with Crippen LogP contribution < -0.4 is 5.73 Å². The molecule has 0 aromatic heterocycles. The minimum absolute atomic E-state index is 0.306. The Kier molecular flexibility index (Phi) is 5.05. The number of hydrogen-bond donors (Lipinski definition) is 1. The first-order chi connectivity index (χ1) is 10.8. The number of amides is 1. The molecule has 2 N–H and O–H groups in total. The van der Waals surface area contributed by atoms with E-state index in [1.165, 1.54) is 12.1 Å². The molecular formula is C17H17F3N2O. The maximum Gasteiger partial charge on any atom is 0.416 e. The molecule has 3 nitrogen and oxygen atoms in total. The van der Waals surface area contributed by atoms with Crippen molar-refractivity contribution in [3.63, 3.8) is 0 Å². The average molecular weight is 322 g/mol. The van der Waals surface area contributed by atoms with Crippen LogP contribution in [-0.4, -0.2) is 17.9 Å². The predicted octanol–water partition coefficient (Wildman–Crippen LogP) is 3.36. The number of alkyl halides is 3. The van der Waals surface area contributed by atoms with Crippen molar-refractivity contribution in [2.24, 2.45) is 5.73 Å². The van der Waals surface area contributed by atoms with Crippen LogP contribution in [0.3, 0.4) is 0 Å². The molecule has 0 aliphatic rings. The first kappa shape index (κ1) is 17.0. The molecule has 0 bridgehead atoms. The number of nitrogens with zero attached hydrogens (tertiary/aromatic N) is 1. The quantitative estimate of drug-likeness (QED) is 0.917. The van der Waals surface area contributed by atoms with Gasteiger partial charge in [-0.05, 0) is 30.3 Å². The van der Waals surface area contributed by atoms with E-state index < -0.39 is 23.7 Å². The molecule has 0 spiro atoms. The zero-order valence-corrected chi connectivity index (χ0v) is 12.5. The summed E-state index contributed by atoms with van der Waals surface area (Å²) in [4.78, 5) is 13.5. The first-order valence-corrected chi connectivity index (χ1v) is 6.99. The van der Waals surface area contributed by atoms with Crippen LogP contribution >= 0.6 is 0 Å². The van der Waals surface area contributed by atoms with Gasteiger partial charge in [-0.25, -0.2) is 0 Å². The van der Waals surface area contributed by atoms with Crippen molar-refractivity contribution in [2.75, 3.05) is 7.05 Å². The van der Waals surface area contributed by atoms with Crippen LogP contribution in [0.5, 0.6) is 0 Å². The Morgan fingerprint density at radius 2 is 1.65 bits per heavy atom. The molecule has 0 saturated heterocycles. The minimum atomic E-state index is -4.36. The zero-order valence-electron chi connectivity index (χ0n) is 12.5. The lowest BCUT2D eigenvalue weighted by Gasteiger charge is -2.26. The molecule has 2 aromatic rings. The van der Waals surface area contributed by atoms with Crippen LogP contribution in [0.4, 0.5) is 13.2 Å². The van der Waals surface area contributed by atoms with E-state index in [-0.39, 0.29) is 0 Å². The summed E-state index contributed by atoms with van der Waals surface area (Å²) in [5, 5.41) is 0. The van der Waals surface area contributed by atoms with Crippen molar-refractivity contribution in [3.05, 3.63) is 71.3 Å². The second kappa shape index (κ2) is 6.83. The summed E-state index contributed by atoms with van der Waals surface area (Å²) in [6.45, 7) is 0.306. The fourth-order valence-electron chi connectivity index (χ4n) is 2.45. The predicted molar refractivity (Wildman–Crippen MR) is 81.3 cm³/mol. The van der Waals surface area contributed by atoms with Gasteiger partial charge in [-0.2, -0.15) is 13.2 Å². The van der Waals surface area contributed by atoms with Gasteiger partial charge in [-0.1, -0.05) is 42.5 Å². The molecule has 1 amide bonds. The molecule has 0 aliphatic heterocycles. The van der Waals surface area contributed by atoms with Gasteiger partial charge in [0, 0.05) is 6.54 Å². The first-order valence-electron chi connectivity index (χ1n) is 6.99. The third kappa shape index (κ3) is 4.32. The molecule has 1 atom stereocenters. The number of benzene rings is 2. The Labute approximate surface area is 132 Å². The molecule has 0 saturated carbocycles. The van der Waals surface area contributed by atoms with Crippen molar-refractivity contribution >= 4 is 5.91 Å². The molecule has 2 rings (SSSR count). The summed E-state index contributed by atoms with van der Waals surface area (Å²) >= 11 is 0. The third-order valence-corrected chi connectivity index (χ3v) is 3.54. The fourth-order valence-corrected chi connectivity index (χ4v) is 2.45. The number of likely N-dealkylation sites (N-methyl/N-ethyl adjacent to an activating group) is 1. The second-order valence-electron chi connectivity index (χ2n) is 5.33. The van der Waals surface area contributed by atoms with Crippen LogP contribution in [0.15, 0.2) is 54.6 Å². The Morgan fingerprint density at radius 3 is 2.13 bits per heavy atom. The maximum absolute atomic E-state index is 12.6. The molecule has 0 radical (unpaired) electrons. The molecule has 0 aliphatic carbocycles. The summed E-state index contributed by atoms with van der Waals surface area (Å²) < 4.78 is 37.7. The Balaban J connectivity index is 2.16. The third-order valence-electron chi connectivity index (χ3n) is 3.54. The molecule has 2 aromatic carbocycles. The number of primary amides is 1. The van der Waals surface area contributed by atoms with Crippen LogP contribution in [0.1, 0.15) is 22.7 Å². The van der Waals surface area contributed by atoms with Gasteiger partial charge in [0.15, 0.2) is 0 Å². The van der Waals surface area contributed by atoms with Crippen molar-refractivity contribution in [1.82, 2.24) is 4.90 Å². The summed E-state index contributed by atoms with van der Waals surface area (Å²) in [7, 11) is 1.71. The molecule has 0 fully saturated rings. The van der Waals surface area contributed by atoms with Gasteiger partial charge >= 0.3 is 6.18 Å². The van der Waals surface area contributed by atoms with E-state index in [1.54, 1.807) is 36.2 Å². The van der Waals surface area contributed by atoms with E-state index in [2.05, 4.69) is 0 Å². The monoisotopic (exact) mass is 322 g/mol. The average Bonchev–Trinajstić information content (AvgIpc) is 2.47. The van der Waals surface area contributed by atoms with Crippen LogP contribution in [0, 0.1) is 0 Å².